The molecule has 1 N–H and O–H groups in total. The number of sulfonamides is 1. The van der Waals surface area contributed by atoms with Gasteiger partial charge < -0.3 is 24.4 Å². The molecule has 10 nitrogen and oxygen atoms in total. The lowest BCUT2D eigenvalue weighted by Crippen LogP contribution is -2.51. The summed E-state index contributed by atoms with van der Waals surface area (Å²) >= 11 is 19.1. The number of hydrogen-bond acceptors (Lipinski definition) is 7. The van der Waals surface area contributed by atoms with Gasteiger partial charge in [-0.2, -0.15) is 0 Å². The zero-order valence-corrected chi connectivity index (χ0v) is 28.0. The molecule has 0 aromatic heterocycles. The number of halogens is 3. The molecule has 0 fully saturated rings. The number of hydrogen-bond donors (Lipinski definition) is 1. The minimum atomic E-state index is -4.48. The Morgan fingerprint density at radius 1 is 0.886 bits per heavy atom. The molecule has 0 aliphatic heterocycles. The molecule has 1 atom stereocenters. The summed E-state index contributed by atoms with van der Waals surface area (Å²) in [5, 5.41) is 3.54. The molecule has 2 amide bonds. The van der Waals surface area contributed by atoms with Crippen LogP contribution in [0.5, 0.6) is 17.2 Å². The molecule has 14 heteroatoms. The fourth-order valence-electron chi connectivity index (χ4n) is 4.31. The summed E-state index contributed by atoms with van der Waals surface area (Å²) in [4.78, 5) is 28.3. The van der Waals surface area contributed by atoms with Crippen molar-refractivity contribution in [1.29, 1.82) is 0 Å². The number of ether oxygens (including phenoxy) is 3. The number of amides is 2. The Labute approximate surface area is 272 Å². The van der Waals surface area contributed by atoms with Gasteiger partial charge in [0, 0.05) is 39.8 Å². The topological polar surface area (TPSA) is 114 Å². The number of benzene rings is 3. The van der Waals surface area contributed by atoms with Gasteiger partial charge in [0.05, 0.1) is 31.9 Å². The van der Waals surface area contributed by atoms with Crippen molar-refractivity contribution in [3.8, 4) is 17.2 Å². The molecule has 0 bridgehead atoms. The van der Waals surface area contributed by atoms with E-state index >= 15 is 0 Å². The number of rotatable bonds is 14. The summed E-state index contributed by atoms with van der Waals surface area (Å²) in [5.74, 6) is -0.539. The van der Waals surface area contributed by atoms with Crippen LogP contribution in [0.4, 0.5) is 5.69 Å². The molecule has 0 unspecified atom stereocenters. The van der Waals surface area contributed by atoms with E-state index in [2.05, 4.69) is 5.32 Å². The van der Waals surface area contributed by atoms with Gasteiger partial charge in [0.2, 0.25) is 11.8 Å². The standard InChI is InChI=1S/C30H34Cl3N3O7S/c1-6-14-34-30(38)19(2)35(17-22-23(32)8-7-9-24(22)33)29(37)18-36(25-15-20(31)10-12-26(25)41-3)44(39,40)21-11-13-27(42-4)28(16-21)43-5/h7-13,15-16,19H,6,14,17-18H2,1-5H3,(H,34,38)/t19-/m1/s1. The van der Waals surface area contributed by atoms with Crippen LogP contribution in [0.25, 0.3) is 0 Å². The zero-order chi connectivity index (χ0) is 32.6. The Balaban J connectivity index is 2.17. The molecule has 0 aliphatic carbocycles. The van der Waals surface area contributed by atoms with Crippen LogP contribution in [-0.2, 0) is 26.2 Å². The van der Waals surface area contributed by atoms with E-state index in [1.165, 1.54) is 62.6 Å². The molecule has 0 saturated heterocycles. The van der Waals surface area contributed by atoms with Crippen molar-refractivity contribution >= 4 is 62.3 Å². The van der Waals surface area contributed by atoms with E-state index in [9.17, 15) is 18.0 Å². The SMILES string of the molecule is CCCNC(=O)[C@@H](C)N(Cc1c(Cl)cccc1Cl)C(=O)CN(c1cc(Cl)ccc1OC)S(=O)(=O)c1ccc(OC)c(OC)c1. The van der Waals surface area contributed by atoms with Gasteiger partial charge in [-0.15, -0.1) is 0 Å². The van der Waals surface area contributed by atoms with Crippen molar-refractivity contribution in [2.45, 2.75) is 37.8 Å². The third-order valence-electron chi connectivity index (χ3n) is 6.74. The zero-order valence-electron chi connectivity index (χ0n) is 24.9. The lowest BCUT2D eigenvalue weighted by molar-refractivity contribution is -0.139. The van der Waals surface area contributed by atoms with Crippen LogP contribution in [0.3, 0.4) is 0 Å². The summed E-state index contributed by atoms with van der Waals surface area (Å²) in [5.41, 5.74) is 0.399. The quantitative estimate of drug-likeness (QED) is 0.228. The minimum absolute atomic E-state index is 0.00180. The summed E-state index contributed by atoms with van der Waals surface area (Å²) < 4.78 is 45.5. The van der Waals surface area contributed by atoms with Crippen LogP contribution in [0.2, 0.25) is 15.1 Å². The number of nitrogens with one attached hydrogen (secondary N) is 1. The van der Waals surface area contributed by atoms with Gasteiger partial charge in [-0.3, -0.25) is 13.9 Å². The van der Waals surface area contributed by atoms with E-state index in [1.54, 1.807) is 25.1 Å². The molecule has 0 spiro atoms. The number of carbonyl (C=O) groups excluding carboxylic acids is 2. The van der Waals surface area contributed by atoms with Crippen molar-refractivity contribution in [2.24, 2.45) is 0 Å². The average molecular weight is 687 g/mol. The molecule has 3 aromatic carbocycles. The summed E-state index contributed by atoms with van der Waals surface area (Å²) in [7, 11) is -0.322. The number of nitrogens with zero attached hydrogens (tertiary/aromatic N) is 2. The largest absolute Gasteiger partial charge is 0.495 e. The first-order valence-corrected chi connectivity index (χ1v) is 16.0. The Kier molecular flexibility index (Phi) is 12.4. The Morgan fingerprint density at radius 2 is 1.50 bits per heavy atom. The van der Waals surface area contributed by atoms with E-state index in [0.717, 1.165) is 4.31 Å². The molecule has 0 aliphatic rings. The average Bonchev–Trinajstić information content (AvgIpc) is 3.01. The molecule has 238 valence electrons. The summed E-state index contributed by atoms with van der Waals surface area (Å²) in [6.07, 6.45) is 0.675. The number of carbonyl (C=O) groups is 2. The van der Waals surface area contributed by atoms with Gasteiger partial charge in [-0.25, -0.2) is 8.42 Å². The molecule has 0 heterocycles. The molecular formula is C30H34Cl3N3O7S. The fourth-order valence-corrected chi connectivity index (χ4v) is 6.42. The monoisotopic (exact) mass is 685 g/mol. The van der Waals surface area contributed by atoms with Crippen LogP contribution in [0.1, 0.15) is 25.8 Å². The maximum absolute atomic E-state index is 14.3. The third kappa shape index (κ3) is 8.01. The van der Waals surface area contributed by atoms with Crippen LogP contribution >= 0.6 is 34.8 Å². The number of methoxy groups -OCH3 is 3. The highest BCUT2D eigenvalue weighted by Gasteiger charge is 2.35. The van der Waals surface area contributed by atoms with E-state index < -0.39 is 34.4 Å². The molecule has 3 aromatic rings. The van der Waals surface area contributed by atoms with Gasteiger partial charge in [-0.05, 0) is 55.8 Å². The molecule has 0 radical (unpaired) electrons. The van der Waals surface area contributed by atoms with E-state index in [4.69, 9.17) is 49.0 Å². The molecule has 3 rings (SSSR count). The summed E-state index contributed by atoms with van der Waals surface area (Å²) in [6.45, 7) is 2.92. The second-order valence-electron chi connectivity index (χ2n) is 9.53. The normalized spacial score (nSPS) is 11.8. The van der Waals surface area contributed by atoms with Crippen LogP contribution in [0.15, 0.2) is 59.5 Å². The van der Waals surface area contributed by atoms with E-state index in [1.807, 2.05) is 6.92 Å². The number of anilines is 1. The van der Waals surface area contributed by atoms with Gasteiger partial charge in [0.15, 0.2) is 11.5 Å². The second-order valence-corrected chi connectivity index (χ2v) is 12.6. The van der Waals surface area contributed by atoms with Crippen LogP contribution < -0.4 is 23.8 Å². The van der Waals surface area contributed by atoms with Crippen LogP contribution in [-0.4, -0.2) is 65.6 Å². The minimum Gasteiger partial charge on any atom is -0.495 e. The van der Waals surface area contributed by atoms with E-state index in [0.29, 0.717) is 24.3 Å². The highest BCUT2D eigenvalue weighted by molar-refractivity contribution is 7.92. The van der Waals surface area contributed by atoms with E-state index in [-0.39, 0.29) is 43.7 Å². The second kappa shape index (κ2) is 15.6. The fraction of sp³-hybridized carbons (Fsp3) is 0.333. The maximum Gasteiger partial charge on any atom is 0.265 e. The van der Waals surface area contributed by atoms with Gasteiger partial charge in [0.25, 0.3) is 10.0 Å². The first-order valence-electron chi connectivity index (χ1n) is 13.5. The predicted molar refractivity (Wildman–Crippen MR) is 172 cm³/mol. The highest BCUT2D eigenvalue weighted by atomic mass is 35.5. The van der Waals surface area contributed by atoms with Crippen molar-refractivity contribution in [3.05, 3.63) is 75.2 Å². The van der Waals surface area contributed by atoms with Gasteiger partial charge in [-0.1, -0.05) is 47.8 Å². The third-order valence-corrected chi connectivity index (χ3v) is 9.44. The van der Waals surface area contributed by atoms with Crippen molar-refractivity contribution in [2.75, 3.05) is 38.7 Å². The molecule has 0 saturated carbocycles. The smallest absolute Gasteiger partial charge is 0.265 e. The van der Waals surface area contributed by atoms with Crippen molar-refractivity contribution in [3.63, 3.8) is 0 Å². The first kappa shape index (κ1) is 35.1. The Hall–Kier alpha value is -3.38. The lowest BCUT2D eigenvalue weighted by atomic mass is 10.1. The first-order chi connectivity index (χ1) is 20.9. The van der Waals surface area contributed by atoms with Crippen molar-refractivity contribution in [1.82, 2.24) is 10.2 Å². The van der Waals surface area contributed by atoms with Gasteiger partial charge >= 0.3 is 0 Å². The molecule has 44 heavy (non-hydrogen) atoms. The molecular weight excluding hydrogens is 653 g/mol. The highest BCUT2D eigenvalue weighted by Crippen LogP contribution is 2.37. The Bertz CT molecular complexity index is 1580. The lowest BCUT2D eigenvalue weighted by Gasteiger charge is -2.32. The predicted octanol–water partition coefficient (Wildman–Crippen LogP) is 5.81. The summed E-state index contributed by atoms with van der Waals surface area (Å²) in [6, 6.07) is 12.3. The van der Waals surface area contributed by atoms with Gasteiger partial charge in [0.1, 0.15) is 18.3 Å². The van der Waals surface area contributed by atoms with Crippen LogP contribution in [0, 0.1) is 0 Å². The van der Waals surface area contributed by atoms with Crippen molar-refractivity contribution < 1.29 is 32.2 Å². The maximum atomic E-state index is 14.3. The Morgan fingerprint density at radius 3 is 2.09 bits per heavy atom.